The van der Waals surface area contributed by atoms with E-state index in [1.165, 1.54) is 23.1 Å². The predicted molar refractivity (Wildman–Crippen MR) is 162 cm³/mol. The van der Waals surface area contributed by atoms with Crippen LogP contribution in [-0.4, -0.2) is 27.1 Å². The quantitative estimate of drug-likeness (QED) is 0.191. The Bertz CT molecular complexity index is 1970. The minimum Gasteiger partial charge on any atom is -0.463 e. The van der Waals surface area contributed by atoms with Crippen molar-refractivity contribution in [3.05, 3.63) is 132 Å². The van der Waals surface area contributed by atoms with Gasteiger partial charge in [-0.3, -0.25) is 9.36 Å². The number of carbonyl (C=O) groups excluding carboxylic acids is 1. The van der Waals surface area contributed by atoms with Crippen molar-refractivity contribution in [2.45, 2.75) is 37.1 Å². The molecule has 0 unspecified atom stereocenters. The fourth-order valence-corrected chi connectivity index (χ4v) is 6.63. The van der Waals surface area contributed by atoms with Crippen molar-refractivity contribution in [2.24, 2.45) is 4.99 Å². The summed E-state index contributed by atoms with van der Waals surface area (Å²) in [4.78, 5) is 41.7. The van der Waals surface area contributed by atoms with Crippen LogP contribution in [0.5, 0.6) is 0 Å². The van der Waals surface area contributed by atoms with Crippen LogP contribution >= 0.6 is 23.1 Å². The van der Waals surface area contributed by atoms with E-state index in [1.54, 1.807) is 23.6 Å². The second-order valence-electron chi connectivity index (χ2n) is 9.53. The molecule has 1 aliphatic heterocycles. The number of furan rings is 1. The summed E-state index contributed by atoms with van der Waals surface area (Å²) in [6, 6.07) is 23.8. The molecule has 6 rings (SSSR count). The van der Waals surface area contributed by atoms with E-state index < -0.39 is 12.0 Å². The fourth-order valence-electron chi connectivity index (χ4n) is 4.82. The number of thiazole rings is 1. The van der Waals surface area contributed by atoms with Gasteiger partial charge in [0.1, 0.15) is 5.76 Å². The van der Waals surface area contributed by atoms with E-state index in [9.17, 15) is 9.59 Å². The zero-order valence-corrected chi connectivity index (χ0v) is 24.7. The number of hydrogen-bond acceptors (Lipinski definition) is 9. The first-order valence-electron chi connectivity index (χ1n) is 13.3. The molecule has 1 aliphatic rings. The molecule has 0 N–H and O–H groups in total. The van der Waals surface area contributed by atoms with Crippen LogP contribution in [0.3, 0.4) is 0 Å². The maximum Gasteiger partial charge on any atom is 0.338 e. The minimum atomic E-state index is -0.719. The maximum absolute atomic E-state index is 14.0. The van der Waals surface area contributed by atoms with Crippen molar-refractivity contribution >= 4 is 40.8 Å². The number of esters is 1. The molecule has 5 aromatic rings. The van der Waals surface area contributed by atoms with Crippen LogP contribution in [0.25, 0.3) is 11.8 Å². The summed E-state index contributed by atoms with van der Waals surface area (Å²) in [6.07, 6.45) is 1.70. The molecule has 0 saturated heterocycles. The largest absolute Gasteiger partial charge is 0.463 e. The van der Waals surface area contributed by atoms with Crippen LogP contribution in [0.1, 0.15) is 41.2 Å². The molecule has 42 heavy (non-hydrogen) atoms. The van der Waals surface area contributed by atoms with Crippen LogP contribution in [-0.2, 0) is 9.53 Å². The van der Waals surface area contributed by atoms with E-state index in [2.05, 4.69) is 9.97 Å². The van der Waals surface area contributed by atoms with Gasteiger partial charge in [0.15, 0.2) is 15.1 Å². The van der Waals surface area contributed by atoms with Gasteiger partial charge < -0.3 is 9.15 Å². The first kappa shape index (κ1) is 27.6. The minimum absolute atomic E-state index is 0.197. The first-order valence-corrected chi connectivity index (χ1v) is 15.0. The van der Waals surface area contributed by atoms with Gasteiger partial charge in [-0.2, -0.15) is 0 Å². The monoisotopic (exact) mass is 594 g/mol. The number of aromatic nitrogens is 3. The Kier molecular flexibility index (Phi) is 7.73. The number of hydrogen-bond donors (Lipinski definition) is 0. The van der Waals surface area contributed by atoms with Gasteiger partial charge in [-0.05, 0) is 56.3 Å². The normalized spacial score (nSPS) is 14.9. The van der Waals surface area contributed by atoms with Crippen molar-refractivity contribution in [3.8, 4) is 0 Å². The molecule has 0 fully saturated rings. The smallest absolute Gasteiger partial charge is 0.338 e. The van der Waals surface area contributed by atoms with Gasteiger partial charge in [0.25, 0.3) is 5.56 Å². The third-order valence-corrected chi connectivity index (χ3v) is 8.29. The van der Waals surface area contributed by atoms with Gasteiger partial charge in [0.2, 0.25) is 0 Å². The lowest BCUT2D eigenvalue weighted by atomic mass is 9.93. The summed E-state index contributed by atoms with van der Waals surface area (Å²) in [7, 11) is 0. The average Bonchev–Trinajstić information content (AvgIpc) is 3.55. The highest BCUT2D eigenvalue weighted by Gasteiger charge is 2.35. The van der Waals surface area contributed by atoms with Crippen LogP contribution < -0.4 is 14.9 Å². The Balaban J connectivity index is 1.49. The zero-order chi connectivity index (χ0) is 29.2. The van der Waals surface area contributed by atoms with Crippen molar-refractivity contribution in [1.29, 1.82) is 0 Å². The van der Waals surface area contributed by atoms with Crippen molar-refractivity contribution in [2.75, 3.05) is 6.61 Å². The highest BCUT2D eigenvalue weighted by Crippen LogP contribution is 2.35. The molecule has 0 saturated carbocycles. The molecule has 210 valence electrons. The number of ether oxygens (including phenoxy) is 1. The molecule has 0 spiro atoms. The molecule has 0 radical (unpaired) electrons. The summed E-state index contributed by atoms with van der Waals surface area (Å²) in [5.41, 5.74) is 3.83. The van der Waals surface area contributed by atoms with Crippen molar-refractivity contribution < 1.29 is 13.9 Å². The standard InChI is InChI=1S/C32H26N4O4S2/c1-4-39-30(38)26-27(21-11-7-5-8-12-21)35-32-36(28(26)22-13-9-6-10-14-22)29(37)24(41-32)18-23-15-16-25(40-23)42-31-33-19(2)17-20(3)34-31/h5-18,28H,4H2,1-3H3/b24-18+/t28-/m0/s1. The Morgan fingerprint density at radius 3 is 2.40 bits per heavy atom. The molecule has 0 amide bonds. The molecular weight excluding hydrogens is 569 g/mol. The number of nitrogens with zero attached hydrogens (tertiary/aromatic N) is 4. The Hall–Kier alpha value is -4.54. The molecular formula is C32H26N4O4S2. The summed E-state index contributed by atoms with van der Waals surface area (Å²) >= 11 is 2.57. The van der Waals surface area contributed by atoms with Crippen LogP contribution in [0.4, 0.5) is 0 Å². The molecule has 8 nitrogen and oxygen atoms in total. The Morgan fingerprint density at radius 2 is 1.71 bits per heavy atom. The van der Waals surface area contributed by atoms with E-state index >= 15 is 0 Å². The molecule has 0 aliphatic carbocycles. The van der Waals surface area contributed by atoms with Gasteiger partial charge >= 0.3 is 5.97 Å². The number of aryl methyl sites for hydroxylation is 2. The van der Waals surface area contributed by atoms with Gasteiger partial charge in [0.05, 0.1) is 28.5 Å². The molecule has 1 atom stereocenters. The second kappa shape index (κ2) is 11.8. The van der Waals surface area contributed by atoms with E-state index in [0.29, 0.717) is 36.6 Å². The SMILES string of the molecule is CCOC(=O)C1=C(c2ccccc2)N=c2s/c(=C/c3ccc(Sc4nc(C)cc(C)n4)o3)c(=O)n2[C@H]1c1ccccc1. The highest BCUT2D eigenvalue weighted by molar-refractivity contribution is 7.99. The molecule has 10 heteroatoms. The average molecular weight is 595 g/mol. The lowest BCUT2D eigenvalue weighted by Gasteiger charge is -2.25. The van der Waals surface area contributed by atoms with Crippen LogP contribution in [0.15, 0.2) is 109 Å². The topological polar surface area (TPSA) is 99.6 Å². The third-order valence-electron chi connectivity index (χ3n) is 6.52. The maximum atomic E-state index is 14.0. The van der Waals surface area contributed by atoms with E-state index in [-0.39, 0.29) is 12.2 Å². The lowest BCUT2D eigenvalue weighted by Crippen LogP contribution is -2.39. The molecule has 4 heterocycles. The number of fused-ring (bicyclic) bond motifs is 1. The summed E-state index contributed by atoms with van der Waals surface area (Å²) in [5, 5.41) is 1.20. The molecule has 2 aromatic carbocycles. The summed E-state index contributed by atoms with van der Waals surface area (Å²) in [5.74, 6) is 0.000771. The van der Waals surface area contributed by atoms with Gasteiger partial charge in [-0.25, -0.2) is 19.8 Å². The number of benzene rings is 2. The summed E-state index contributed by atoms with van der Waals surface area (Å²) in [6.45, 7) is 5.80. The third kappa shape index (κ3) is 5.50. The highest BCUT2D eigenvalue weighted by atomic mass is 32.2. The van der Waals surface area contributed by atoms with Crippen LogP contribution in [0.2, 0.25) is 0 Å². The summed E-state index contributed by atoms with van der Waals surface area (Å²) < 4.78 is 13.5. The van der Waals surface area contributed by atoms with E-state index in [4.69, 9.17) is 14.1 Å². The Morgan fingerprint density at radius 1 is 1.02 bits per heavy atom. The zero-order valence-electron chi connectivity index (χ0n) is 23.1. The van der Waals surface area contributed by atoms with Crippen molar-refractivity contribution in [3.63, 3.8) is 0 Å². The fraction of sp³-hybridized carbons (Fsp3) is 0.156. The van der Waals surface area contributed by atoms with E-state index in [0.717, 1.165) is 22.5 Å². The Labute approximate surface area is 249 Å². The van der Waals surface area contributed by atoms with Gasteiger partial charge in [-0.1, -0.05) is 72.0 Å². The lowest BCUT2D eigenvalue weighted by molar-refractivity contribution is -0.138. The molecule has 0 bridgehead atoms. The first-order chi connectivity index (χ1) is 20.4. The second-order valence-corrected chi connectivity index (χ2v) is 11.5. The number of rotatable bonds is 7. The predicted octanol–water partition coefficient (Wildman–Crippen LogP) is 5.09. The van der Waals surface area contributed by atoms with Crippen LogP contribution in [0, 0.1) is 13.8 Å². The van der Waals surface area contributed by atoms with E-state index in [1.807, 2.05) is 86.6 Å². The number of carbonyl (C=O) groups is 1. The van der Waals surface area contributed by atoms with Crippen molar-refractivity contribution in [1.82, 2.24) is 14.5 Å². The molecule has 3 aromatic heterocycles. The van der Waals surface area contributed by atoms with Gasteiger partial charge in [0, 0.05) is 23.0 Å². The van der Waals surface area contributed by atoms with Gasteiger partial charge in [-0.15, -0.1) is 0 Å².